The SMILES string of the molecule is O=C(CC1CC1)N1CCC2(CCCN(CCOc3ccccc3)C2)C1.O=C(O)C(F)(F)F. The van der Waals surface area contributed by atoms with Crippen molar-refractivity contribution in [2.45, 2.75) is 44.7 Å². The summed E-state index contributed by atoms with van der Waals surface area (Å²) in [5.41, 5.74) is 0.338. The lowest BCUT2D eigenvalue weighted by Gasteiger charge is -2.40. The van der Waals surface area contributed by atoms with E-state index in [2.05, 4.69) is 9.80 Å². The number of rotatable bonds is 6. The van der Waals surface area contributed by atoms with Gasteiger partial charge in [-0.2, -0.15) is 13.2 Å². The van der Waals surface area contributed by atoms with Crippen LogP contribution in [0.3, 0.4) is 0 Å². The molecule has 2 saturated heterocycles. The van der Waals surface area contributed by atoms with E-state index < -0.39 is 12.1 Å². The van der Waals surface area contributed by atoms with E-state index in [0.29, 0.717) is 17.2 Å². The molecule has 178 valence electrons. The Balaban J connectivity index is 0.000000360. The molecule has 4 rings (SSSR count). The highest BCUT2D eigenvalue weighted by atomic mass is 19.4. The van der Waals surface area contributed by atoms with Crippen LogP contribution in [0.2, 0.25) is 0 Å². The first-order chi connectivity index (χ1) is 15.2. The molecule has 1 aromatic carbocycles. The third-order valence-corrected chi connectivity index (χ3v) is 6.35. The second-order valence-corrected chi connectivity index (χ2v) is 9.06. The largest absolute Gasteiger partial charge is 0.492 e. The lowest BCUT2D eigenvalue weighted by molar-refractivity contribution is -0.192. The summed E-state index contributed by atoms with van der Waals surface area (Å²) in [4.78, 5) is 26.0. The summed E-state index contributed by atoms with van der Waals surface area (Å²) >= 11 is 0. The van der Waals surface area contributed by atoms with Crippen LogP contribution in [-0.4, -0.2) is 72.3 Å². The van der Waals surface area contributed by atoms with Gasteiger partial charge in [0, 0.05) is 38.0 Å². The van der Waals surface area contributed by atoms with Gasteiger partial charge in [-0.25, -0.2) is 4.79 Å². The average Bonchev–Trinajstić information content (AvgIpc) is 3.47. The number of carboxylic acids is 1. The summed E-state index contributed by atoms with van der Waals surface area (Å²) in [6.45, 7) is 5.96. The van der Waals surface area contributed by atoms with E-state index in [1.165, 1.54) is 32.1 Å². The normalized spacial score (nSPS) is 23.5. The average molecular weight is 457 g/mol. The predicted molar refractivity (Wildman–Crippen MR) is 112 cm³/mol. The molecule has 1 aromatic rings. The van der Waals surface area contributed by atoms with Gasteiger partial charge in [-0.3, -0.25) is 9.69 Å². The quantitative estimate of drug-likeness (QED) is 0.705. The number of amides is 1. The number of likely N-dealkylation sites (tertiary alicyclic amines) is 2. The Morgan fingerprint density at radius 1 is 1.09 bits per heavy atom. The molecule has 6 nitrogen and oxygen atoms in total. The van der Waals surface area contributed by atoms with Crippen LogP contribution in [-0.2, 0) is 9.59 Å². The number of ether oxygens (including phenoxy) is 1. The van der Waals surface area contributed by atoms with E-state index in [-0.39, 0.29) is 0 Å². The Bertz CT molecular complexity index is 770. The Labute approximate surface area is 186 Å². The van der Waals surface area contributed by atoms with E-state index in [9.17, 15) is 18.0 Å². The van der Waals surface area contributed by atoms with Crippen molar-refractivity contribution < 1.29 is 32.6 Å². The van der Waals surface area contributed by atoms with E-state index >= 15 is 0 Å². The maximum Gasteiger partial charge on any atom is 0.490 e. The standard InChI is InChI=1S/C21H30N2O2.C2HF3O2/c24-20(15-18-7-8-18)23-12-10-21(17-23)9-4-11-22(16-21)13-14-25-19-5-2-1-3-6-19;3-2(4,5)1(6)7/h1-3,5-6,18H,4,7-17H2;(H,6,7). The van der Waals surface area contributed by atoms with Crippen LogP contribution in [0.15, 0.2) is 30.3 Å². The van der Waals surface area contributed by atoms with Crippen LogP contribution in [0.5, 0.6) is 5.75 Å². The number of halogens is 3. The topological polar surface area (TPSA) is 70.1 Å². The van der Waals surface area contributed by atoms with Crippen LogP contribution in [0.1, 0.15) is 38.5 Å². The zero-order chi connectivity index (χ0) is 23.2. The van der Waals surface area contributed by atoms with Crippen LogP contribution >= 0.6 is 0 Å². The maximum absolute atomic E-state index is 12.4. The molecule has 1 amide bonds. The van der Waals surface area contributed by atoms with Crippen molar-refractivity contribution >= 4 is 11.9 Å². The van der Waals surface area contributed by atoms with Gasteiger partial charge in [0.1, 0.15) is 12.4 Å². The molecule has 3 aliphatic rings. The molecule has 1 atom stereocenters. The van der Waals surface area contributed by atoms with Crippen LogP contribution in [0, 0.1) is 11.3 Å². The Hall–Kier alpha value is -2.29. The van der Waals surface area contributed by atoms with Gasteiger partial charge in [0.2, 0.25) is 5.91 Å². The minimum absolute atomic E-state index is 0.338. The van der Waals surface area contributed by atoms with Crippen LogP contribution in [0.4, 0.5) is 13.2 Å². The number of piperidine rings is 1. The van der Waals surface area contributed by atoms with E-state index in [0.717, 1.165) is 51.5 Å². The highest BCUT2D eigenvalue weighted by Crippen LogP contribution is 2.40. The van der Waals surface area contributed by atoms with Gasteiger partial charge in [0.05, 0.1) is 0 Å². The highest BCUT2D eigenvalue weighted by Gasteiger charge is 2.43. The maximum atomic E-state index is 12.4. The third-order valence-electron chi connectivity index (χ3n) is 6.35. The van der Waals surface area contributed by atoms with E-state index in [1.807, 2.05) is 30.3 Å². The number of alkyl halides is 3. The van der Waals surface area contributed by atoms with Gasteiger partial charge in [-0.15, -0.1) is 0 Å². The predicted octanol–water partition coefficient (Wildman–Crippen LogP) is 3.81. The lowest BCUT2D eigenvalue weighted by atomic mass is 9.79. The number of carboxylic acid groups (broad SMARTS) is 1. The van der Waals surface area contributed by atoms with Gasteiger partial charge in [0.25, 0.3) is 0 Å². The molecule has 1 unspecified atom stereocenters. The van der Waals surface area contributed by atoms with Crippen LogP contribution in [0.25, 0.3) is 0 Å². The van der Waals surface area contributed by atoms with Crippen molar-refractivity contribution in [3.05, 3.63) is 30.3 Å². The van der Waals surface area contributed by atoms with E-state index in [1.54, 1.807) is 0 Å². The van der Waals surface area contributed by atoms with E-state index in [4.69, 9.17) is 14.6 Å². The molecule has 9 heteroatoms. The van der Waals surface area contributed by atoms with Crippen molar-refractivity contribution in [2.75, 3.05) is 39.3 Å². The number of hydrogen-bond donors (Lipinski definition) is 1. The second kappa shape index (κ2) is 10.6. The number of benzene rings is 1. The summed E-state index contributed by atoms with van der Waals surface area (Å²) < 4.78 is 37.6. The molecule has 1 N–H and O–H groups in total. The Morgan fingerprint density at radius 2 is 1.78 bits per heavy atom. The number of para-hydroxylation sites is 1. The third kappa shape index (κ3) is 7.39. The summed E-state index contributed by atoms with van der Waals surface area (Å²) in [7, 11) is 0. The second-order valence-electron chi connectivity index (χ2n) is 9.06. The molecule has 3 fully saturated rings. The number of aliphatic carboxylic acids is 1. The van der Waals surface area contributed by atoms with Gasteiger partial charge in [-0.05, 0) is 56.7 Å². The molecule has 0 radical (unpaired) electrons. The Morgan fingerprint density at radius 3 is 2.41 bits per heavy atom. The molecule has 1 aliphatic carbocycles. The number of hydrogen-bond acceptors (Lipinski definition) is 4. The van der Waals surface area contributed by atoms with Crippen molar-refractivity contribution in [3.63, 3.8) is 0 Å². The summed E-state index contributed by atoms with van der Waals surface area (Å²) in [6, 6.07) is 10.1. The Kier molecular flexibility index (Phi) is 8.03. The lowest BCUT2D eigenvalue weighted by Crippen LogP contribution is -2.46. The molecule has 2 aliphatic heterocycles. The first-order valence-corrected chi connectivity index (χ1v) is 11.1. The van der Waals surface area contributed by atoms with Gasteiger partial charge in [0.15, 0.2) is 0 Å². The van der Waals surface area contributed by atoms with Crippen LogP contribution < -0.4 is 4.74 Å². The zero-order valence-electron chi connectivity index (χ0n) is 18.1. The fourth-order valence-corrected chi connectivity index (χ4v) is 4.49. The number of carbonyl (C=O) groups is 2. The summed E-state index contributed by atoms with van der Waals surface area (Å²) in [5, 5.41) is 7.12. The van der Waals surface area contributed by atoms with Gasteiger partial charge < -0.3 is 14.7 Å². The fraction of sp³-hybridized carbons (Fsp3) is 0.652. The first-order valence-electron chi connectivity index (χ1n) is 11.1. The number of carbonyl (C=O) groups excluding carboxylic acids is 1. The van der Waals surface area contributed by atoms with Gasteiger partial charge in [-0.1, -0.05) is 18.2 Å². The number of nitrogens with zero attached hydrogens (tertiary/aromatic N) is 2. The molecule has 1 spiro atoms. The minimum Gasteiger partial charge on any atom is -0.492 e. The smallest absolute Gasteiger partial charge is 0.490 e. The molecular formula is C23H31F3N2O4. The first kappa shape index (κ1) is 24.4. The molecule has 0 bridgehead atoms. The van der Waals surface area contributed by atoms with Gasteiger partial charge >= 0.3 is 12.1 Å². The fourth-order valence-electron chi connectivity index (χ4n) is 4.49. The highest BCUT2D eigenvalue weighted by molar-refractivity contribution is 5.77. The monoisotopic (exact) mass is 456 g/mol. The van der Waals surface area contributed by atoms with Crippen molar-refractivity contribution in [3.8, 4) is 5.75 Å². The van der Waals surface area contributed by atoms with Crippen molar-refractivity contribution in [1.82, 2.24) is 9.80 Å². The summed E-state index contributed by atoms with van der Waals surface area (Å²) in [6.07, 6.45) is 1.94. The minimum atomic E-state index is -5.08. The molecule has 1 saturated carbocycles. The molecule has 0 aromatic heterocycles. The zero-order valence-corrected chi connectivity index (χ0v) is 18.1. The molecule has 2 heterocycles. The summed E-state index contributed by atoms with van der Waals surface area (Å²) in [5.74, 6) is -0.703. The molecular weight excluding hydrogens is 425 g/mol. The molecule has 32 heavy (non-hydrogen) atoms. The van der Waals surface area contributed by atoms with Crippen molar-refractivity contribution in [2.24, 2.45) is 11.3 Å². The van der Waals surface area contributed by atoms with Crippen molar-refractivity contribution in [1.29, 1.82) is 0 Å².